The molecule has 2 N–H and O–H groups in total. The van der Waals surface area contributed by atoms with Crippen LogP contribution < -0.4 is 5.09 Å². The Balaban J connectivity index is 2.55. The fraction of sp³-hybridized carbons (Fsp3) is 0.417. The zero-order valence-corrected chi connectivity index (χ0v) is 12.9. The van der Waals surface area contributed by atoms with Crippen LogP contribution in [0.4, 0.5) is 0 Å². The number of nitrogens with one attached hydrogen (secondary N) is 1. The molecule has 2 atom stereocenters. The molecule has 0 amide bonds. The number of aliphatic imine (C=N–C) groups is 1. The Kier molecular flexibility index (Phi) is 6.58. The highest BCUT2D eigenvalue weighted by atomic mass is 32.2. The largest absolute Gasteiger partial charge is 0.431 e. The predicted octanol–water partition coefficient (Wildman–Crippen LogP) is 2.67. The molecule has 0 spiro atoms. The van der Waals surface area contributed by atoms with Gasteiger partial charge in [0, 0.05) is 7.05 Å². The number of thioether (sulfide) groups is 1. The Labute approximate surface area is 118 Å². The highest BCUT2D eigenvalue weighted by Gasteiger charge is 2.24. The standard InChI is InChI=1S/C12H19N2O3PS/c1-10(9-11-7-5-4-6-8-11)17-18(15,16)14-12(13-2)19-3/h4-8,10H,9H2,1-3H3,(H2,13,14,15,16). The molecule has 0 bridgehead atoms. The molecule has 5 nitrogen and oxygen atoms in total. The second kappa shape index (κ2) is 7.70. The fourth-order valence-corrected chi connectivity index (χ4v) is 3.41. The van der Waals surface area contributed by atoms with Crippen molar-refractivity contribution in [2.24, 2.45) is 4.99 Å². The maximum absolute atomic E-state index is 11.9. The minimum absolute atomic E-state index is 0.370. The Morgan fingerprint density at radius 2 is 2.16 bits per heavy atom. The highest BCUT2D eigenvalue weighted by molar-refractivity contribution is 8.13. The summed E-state index contributed by atoms with van der Waals surface area (Å²) in [6, 6.07) is 9.69. The summed E-state index contributed by atoms with van der Waals surface area (Å²) in [6.07, 6.45) is 1.97. The van der Waals surface area contributed by atoms with Gasteiger partial charge in [0.15, 0.2) is 5.17 Å². The van der Waals surface area contributed by atoms with Crippen LogP contribution in [0.1, 0.15) is 12.5 Å². The van der Waals surface area contributed by atoms with Gasteiger partial charge in [0.2, 0.25) is 0 Å². The van der Waals surface area contributed by atoms with Crippen LogP contribution in [0.15, 0.2) is 35.3 Å². The number of amidine groups is 1. The van der Waals surface area contributed by atoms with E-state index in [0.29, 0.717) is 11.6 Å². The molecule has 1 rings (SSSR count). The average molecular weight is 302 g/mol. The van der Waals surface area contributed by atoms with Gasteiger partial charge in [0.25, 0.3) is 0 Å². The molecule has 106 valence electrons. The lowest BCUT2D eigenvalue weighted by Crippen LogP contribution is -2.22. The van der Waals surface area contributed by atoms with Crippen LogP contribution in [0.3, 0.4) is 0 Å². The van der Waals surface area contributed by atoms with Crippen LogP contribution >= 0.6 is 19.5 Å². The highest BCUT2D eigenvalue weighted by Crippen LogP contribution is 2.39. The minimum Gasteiger partial charge on any atom is -0.308 e. The molecule has 19 heavy (non-hydrogen) atoms. The second-order valence-corrected chi connectivity index (χ2v) is 6.24. The zero-order chi connectivity index (χ0) is 14.3. The van der Waals surface area contributed by atoms with Crippen molar-refractivity contribution in [1.29, 1.82) is 0 Å². The molecular weight excluding hydrogens is 283 g/mol. The Morgan fingerprint density at radius 3 is 2.68 bits per heavy atom. The van der Waals surface area contributed by atoms with Gasteiger partial charge in [0.05, 0.1) is 6.10 Å². The number of hydrogen-bond acceptors (Lipinski definition) is 4. The van der Waals surface area contributed by atoms with Crippen LogP contribution in [0.5, 0.6) is 0 Å². The van der Waals surface area contributed by atoms with E-state index in [0.717, 1.165) is 5.56 Å². The molecule has 0 aromatic heterocycles. The van der Waals surface area contributed by atoms with E-state index in [-0.39, 0.29) is 6.10 Å². The van der Waals surface area contributed by atoms with Gasteiger partial charge in [-0.05, 0) is 25.2 Å². The molecule has 0 saturated carbocycles. The summed E-state index contributed by atoms with van der Waals surface area (Å²) in [6.45, 7) is 1.76. The minimum atomic E-state index is -3.88. The smallest absolute Gasteiger partial charge is 0.308 e. The van der Waals surface area contributed by atoms with Crippen molar-refractivity contribution in [2.75, 3.05) is 13.3 Å². The summed E-state index contributed by atoms with van der Waals surface area (Å²) in [5.41, 5.74) is 1.06. The van der Waals surface area contributed by atoms with Gasteiger partial charge in [0.1, 0.15) is 0 Å². The molecule has 0 aliphatic carbocycles. The summed E-state index contributed by atoms with van der Waals surface area (Å²) in [4.78, 5) is 13.6. The first-order valence-electron chi connectivity index (χ1n) is 5.81. The second-order valence-electron chi connectivity index (χ2n) is 3.97. The van der Waals surface area contributed by atoms with Gasteiger partial charge in [-0.3, -0.25) is 14.6 Å². The third-order valence-electron chi connectivity index (χ3n) is 2.32. The summed E-state index contributed by atoms with van der Waals surface area (Å²) in [5, 5.41) is 2.78. The Hall–Kier alpha value is -0.810. The van der Waals surface area contributed by atoms with Gasteiger partial charge in [-0.2, -0.15) is 0 Å². The molecule has 0 radical (unpaired) electrons. The normalized spacial score (nSPS) is 16.7. The molecule has 1 aromatic carbocycles. The summed E-state index contributed by atoms with van der Waals surface area (Å²) in [5.74, 6) is 0. The van der Waals surface area contributed by atoms with Crippen LogP contribution in [0, 0.1) is 0 Å². The van der Waals surface area contributed by atoms with E-state index in [1.807, 2.05) is 30.3 Å². The van der Waals surface area contributed by atoms with Gasteiger partial charge < -0.3 is 4.89 Å². The fourth-order valence-electron chi connectivity index (χ4n) is 1.56. The molecule has 0 fully saturated rings. The monoisotopic (exact) mass is 302 g/mol. The number of nitrogens with zero attached hydrogens (tertiary/aromatic N) is 1. The van der Waals surface area contributed by atoms with E-state index in [1.54, 1.807) is 20.2 Å². The Morgan fingerprint density at radius 1 is 1.53 bits per heavy atom. The SMILES string of the molecule is CN=C(NP(=O)(O)OC(C)Cc1ccccc1)SC. The summed E-state index contributed by atoms with van der Waals surface area (Å²) >= 11 is 1.25. The van der Waals surface area contributed by atoms with Gasteiger partial charge >= 0.3 is 7.75 Å². The third kappa shape index (κ3) is 6.25. The predicted molar refractivity (Wildman–Crippen MR) is 80.5 cm³/mol. The van der Waals surface area contributed by atoms with Gasteiger partial charge in [-0.1, -0.05) is 42.1 Å². The van der Waals surface area contributed by atoms with Crippen LogP contribution in [-0.4, -0.2) is 29.5 Å². The van der Waals surface area contributed by atoms with Crippen LogP contribution in [-0.2, 0) is 15.5 Å². The lowest BCUT2D eigenvalue weighted by atomic mass is 10.1. The molecule has 7 heteroatoms. The van der Waals surface area contributed by atoms with E-state index < -0.39 is 7.75 Å². The quantitative estimate of drug-likeness (QED) is 0.497. The van der Waals surface area contributed by atoms with Gasteiger partial charge in [-0.25, -0.2) is 4.57 Å². The van der Waals surface area contributed by atoms with Crippen molar-refractivity contribution in [2.45, 2.75) is 19.4 Å². The van der Waals surface area contributed by atoms with E-state index in [9.17, 15) is 9.46 Å². The molecule has 0 aliphatic heterocycles. The van der Waals surface area contributed by atoms with E-state index in [4.69, 9.17) is 4.52 Å². The van der Waals surface area contributed by atoms with Crippen molar-refractivity contribution >= 4 is 24.7 Å². The van der Waals surface area contributed by atoms with Crippen molar-refractivity contribution < 1.29 is 14.0 Å². The summed E-state index contributed by atoms with van der Waals surface area (Å²) in [7, 11) is -2.33. The first-order chi connectivity index (χ1) is 8.96. The van der Waals surface area contributed by atoms with Crippen LogP contribution in [0.2, 0.25) is 0 Å². The van der Waals surface area contributed by atoms with E-state index >= 15 is 0 Å². The zero-order valence-electron chi connectivity index (χ0n) is 11.2. The molecule has 0 aliphatic rings. The van der Waals surface area contributed by atoms with Crippen molar-refractivity contribution in [3.05, 3.63) is 35.9 Å². The number of rotatable bonds is 5. The molecule has 1 aromatic rings. The lowest BCUT2D eigenvalue weighted by molar-refractivity contribution is 0.186. The third-order valence-corrected chi connectivity index (χ3v) is 4.28. The number of benzene rings is 1. The van der Waals surface area contributed by atoms with E-state index in [1.165, 1.54) is 11.8 Å². The summed E-state index contributed by atoms with van der Waals surface area (Å²) < 4.78 is 17.1. The first kappa shape index (κ1) is 16.2. The maximum Gasteiger partial charge on any atom is 0.431 e. The number of hydrogen-bond donors (Lipinski definition) is 2. The van der Waals surface area contributed by atoms with E-state index in [2.05, 4.69) is 10.1 Å². The van der Waals surface area contributed by atoms with Crippen molar-refractivity contribution in [1.82, 2.24) is 5.09 Å². The van der Waals surface area contributed by atoms with Crippen molar-refractivity contribution in [3.63, 3.8) is 0 Å². The molecule has 0 saturated heterocycles. The van der Waals surface area contributed by atoms with Crippen LogP contribution in [0.25, 0.3) is 0 Å². The molecule has 0 heterocycles. The average Bonchev–Trinajstić information content (AvgIpc) is 2.36. The topological polar surface area (TPSA) is 70.9 Å². The Bertz CT molecular complexity index is 467. The molecule has 2 unspecified atom stereocenters. The molecular formula is C12H19N2O3PS. The lowest BCUT2D eigenvalue weighted by Gasteiger charge is -2.19. The maximum atomic E-state index is 11.9. The van der Waals surface area contributed by atoms with Crippen molar-refractivity contribution in [3.8, 4) is 0 Å². The van der Waals surface area contributed by atoms with Gasteiger partial charge in [-0.15, -0.1) is 0 Å². The first-order valence-corrected chi connectivity index (χ1v) is 8.61.